The number of hydrogen-bond acceptors (Lipinski definition) is 4. The zero-order valence-electron chi connectivity index (χ0n) is 14.1. The van der Waals surface area contributed by atoms with Crippen molar-refractivity contribution in [3.8, 4) is 0 Å². The highest BCUT2D eigenvalue weighted by Crippen LogP contribution is 2.10. The smallest absolute Gasteiger partial charge is 0.307 e. The first-order valence-electron chi connectivity index (χ1n) is 7.94. The zero-order chi connectivity index (χ0) is 17.2. The number of Topliss-reactive ketones (excluding diaryl/α,β-unsaturated/α-hetero) is 1. The van der Waals surface area contributed by atoms with Gasteiger partial charge in [-0.15, -0.1) is 0 Å². The van der Waals surface area contributed by atoms with Gasteiger partial charge in [0.25, 0.3) is 0 Å². The van der Waals surface area contributed by atoms with Crippen LogP contribution in [0.25, 0.3) is 0 Å². The summed E-state index contributed by atoms with van der Waals surface area (Å²) in [6, 6.07) is 7.22. The molecule has 1 rings (SSSR count). The minimum absolute atomic E-state index is 0.0520. The highest BCUT2D eigenvalue weighted by atomic mass is 16.5. The van der Waals surface area contributed by atoms with Crippen LogP contribution in [-0.4, -0.2) is 30.8 Å². The van der Waals surface area contributed by atoms with Crippen LogP contribution in [-0.2, 0) is 20.7 Å². The SMILES string of the molecule is CCCc1ccc(C(=O)CCC(=O)NC(C)CC(=O)OC)cc1. The molecule has 1 aromatic rings. The molecule has 0 fully saturated rings. The largest absolute Gasteiger partial charge is 0.469 e. The summed E-state index contributed by atoms with van der Waals surface area (Å²) in [5, 5.41) is 2.69. The van der Waals surface area contributed by atoms with Crippen LogP contribution in [0.4, 0.5) is 0 Å². The van der Waals surface area contributed by atoms with Gasteiger partial charge in [-0.3, -0.25) is 14.4 Å². The molecule has 5 nitrogen and oxygen atoms in total. The average molecular weight is 319 g/mol. The predicted octanol–water partition coefficient (Wildman–Crippen LogP) is 2.67. The van der Waals surface area contributed by atoms with Crippen molar-refractivity contribution in [1.29, 1.82) is 0 Å². The molecule has 1 amide bonds. The number of amides is 1. The topological polar surface area (TPSA) is 72.5 Å². The molecule has 0 spiro atoms. The van der Waals surface area contributed by atoms with E-state index in [1.165, 1.54) is 12.7 Å². The van der Waals surface area contributed by atoms with Gasteiger partial charge in [0.05, 0.1) is 13.5 Å². The summed E-state index contributed by atoms with van der Waals surface area (Å²) in [6.07, 6.45) is 2.45. The Morgan fingerprint density at radius 3 is 2.35 bits per heavy atom. The monoisotopic (exact) mass is 319 g/mol. The summed E-state index contributed by atoms with van der Waals surface area (Å²) < 4.78 is 4.54. The molecule has 1 aromatic carbocycles. The number of hydrogen-bond donors (Lipinski definition) is 1. The molecule has 0 bridgehead atoms. The lowest BCUT2D eigenvalue weighted by Crippen LogP contribution is -2.34. The first-order valence-corrected chi connectivity index (χ1v) is 7.94. The van der Waals surface area contributed by atoms with Crippen LogP contribution in [0.2, 0.25) is 0 Å². The third-order valence-corrected chi connectivity index (χ3v) is 3.50. The van der Waals surface area contributed by atoms with Crippen LogP contribution in [0.15, 0.2) is 24.3 Å². The van der Waals surface area contributed by atoms with Gasteiger partial charge in [0.2, 0.25) is 5.91 Å². The molecule has 0 saturated carbocycles. The second kappa shape index (κ2) is 9.77. The van der Waals surface area contributed by atoms with Crippen molar-refractivity contribution in [1.82, 2.24) is 5.32 Å². The Morgan fingerprint density at radius 1 is 1.13 bits per heavy atom. The fraction of sp³-hybridized carbons (Fsp3) is 0.500. The van der Waals surface area contributed by atoms with Crippen LogP contribution in [0.5, 0.6) is 0 Å². The van der Waals surface area contributed by atoms with E-state index in [9.17, 15) is 14.4 Å². The van der Waals surface area contributed by atoms with Gasteiger partial charge in [-0.2, -0.15) is 0 Å². The molecule has 0 aromatic heterocycles. The van der Waals surface area contributed by atoms with Crippen LogP contribution < -0.4 is 5.32 Å². The summed E-state index contributed by atoms with van der Waals surface area (Å²) >= 11 is 0. The predicted molar refractivity (Wildman–Crippen MR) is 88.2 cm³/mol. The number of benzene rings is 1. The van der Waals surface area contributed by atoms with E-state index in [-0.39, 0.29) is 43.0 Å². The Balaban J connectivity index is 2.40. The number of nitrogens with one attached hydrogen (secondary N) is 1. The number of aryl methyl sites for hydroxylation is 1. The molecule has 0 aliphatic carbocycles. The van der Waals surface area contributed by atoms with Crippen molar-refractivity contribution >= 4 is 17.7 Å². The van der Waals surface area contributed by atoms with Gasteiger partial charge in [-0.1, -0.05) is 37.6 Å². The highest BCUT2D eigenvalue weighted by molar-refractivity contribution is 5.98. The maximum atomic E-state index is 12.1. The number of ether oxygens (including phenoxy) is 1. The second-order valence-electron chi connectivity index (χ2n) is 5.62. The minimum atomic E-state index is -0.374. The van der Waals surface area contributed by atoms with Crippen molar-refractivity contribution in [3.63, 3.8) is 0 Å². The Bertz CT molecular complexity index is 536. The van der Waals surface area contributed by atoms with E-state index < -0.39 is 0 Å². The highest BCUT2D eigenvalue weighted by Gasteiger charge is 2.14. The van der Waals surface area contributed by atoms with Crippen LogP contribution in [0.3, 0.4) is 0 Å². The van der Waals surface area contributed by atoms with Gasteiger partial charge in [-0.05, 0) is 18.9 Å². The van der Waals surface area contributed by atoms with Gasteiger partial charge < -0.3 is 10.1 Å². The van der Waals surface area contributed by atoms with Gasteiger partial charge in [0.1, 0.15) is 0 Å². The Kier molecular flexibility index (Phi) is 8.02. The van der Waals surface area contributed by atoms with Crippen molar-refractivity contribution in [2.75, 3.05) is 7.11 Å². The molecule has 0 aliphatic rings. The lowest BCUT2D eigenvalue weighted by molar-refractivity contribution is -0.141. The number of carbonyl (C=O) groups excluding carboxylic acids is 3. The Hall–Kier alpha value is -2.17. The van der Waals surface area contributed by atoms with E-state index in [0.717, 1.165) is 12.8 Å². The molecule has 0 heterocycles. The quantitative estimate of drug-likeness (QED) is 0.561. The summed E-state index contributed by atoms with van der Waals surface area (Å²) in [7, 11) is 1.31. The van der Waals surface area contributed by atoms with Crippen LogP contribution in [0, 0.1) is 0 Å². The summed E-state index contributed by atoms with van der Waals surface area (Å²) in [6.45, 7) is 3.84. The van der Waals surface area contributed by atoms with E-state index in [1.807, 2.05) is 24.3 Å². The first-order chi connectivity index (χ1) is 11.0. The molecule has 1 unspecified atom stereocenters. The van der Waals surface area contributed by atoms with Gasteiger partial charge in [0, 0.05) is 24.4 Å². The van der Waals surface area contributed by atoms with Crippen LogP contribution >= 0.6 is 0 Å². The number of esters is 1. The molecule has 5 heteroatoms. The van der Waals surface area contributed by atoms with E-state index >= 15 is 0 Å². The van der Waals surface area contributed by atoms with Gasteiger partial charge in [0.15, 0.2) is 5.78 Å². The molecule has 1 N–H and O–H groups in total. The van der Waals surface area contributed by atoms with E-state index in [1.54, 1.807) is 6.92 Å². The summed E-state index contributed by atoms with van der Waals surface area (Å²) in [4.78, 5) is 35.0. The number of ketones is 1. The maximum absolute atomic E-state index is 12.1. The first kappa shape index (κ1) is 18.9. The molecule has 0 aliphatic heterocycles. The number of carbonyl (C=O) groups is 3. The maximum Gasteiger partial charge on any atom is 0.307 e. The zero-order valence-corrected chi connectivity index (χ0v) is 14.1. The fourth-order valence-corrected chi connectivity index (χ4v) is 2.25. The third kappa shape index (κ3) is 7.08. The van der Waals surface area contributed by atoms with Crippen molar-refractivity contribution in [2.45, 2.75) is 52.0 Å². The summed E-state index contributed by atoms with van der Waals surface area (Å²) in [5.74, 6) is -0.665. The Morgan fingerprint density at radius 2 is 1.78 bits per heavy atom. The van der Waals surface area contributed by atoms with Crippen molar-refractivity contribution in [3.05, 3.63) is 35.4 Å². The van der Waals surface area contributed by atoms with E-state index in [2.05, 4.69) is 17.0 Å². The van der Waals surface area contributed by atoms with Gasteiger partial charge in [-0.25, -0.2) is 0 Å². The van der Waals surface area contributed by atoms with Gasteiger partial charge >= 0.3 is 5.97 Å². The molecule has 126 valence electrons. The normalized spacial score (nSPS) is 11.6. The average Bonchev–Trinajstić information content (AvgIpc) is 2.53. The lowest BCUT2D eigenvalue weighted by atomic mass is 10.0. The Labute approximate surface area is 137 Å². The number of rotatable bonds is 9. The summed E-state index contributed by atoms with van der Waals surface area (Å²) in [5.41, 5.74) is 1.83. The van der Waals surface area contributed by atoms with Crippen LogP contribution in [0.1, 0.15) is 55.5 Å². The molecule has 0 saturated heterocycles. The second-order valence-corrected chi connectivity index (χ2v) is 5.62. The molecular formula is C18H25NO4. The molecule has 0 radical (unpaired) electrons. The fourth-order valence-electron chi connectivity index (χ4n) is 2.25. The molecule has 23 heavy (non-hydrogen) atoms. The molecule has 1 atom stereocenters. The standard InChI is InChI=1S/C18H25NO4/c1-4-5-14-6-8-15(9-7-14)16(20)10-11-17(21)19-13(2)12-18(22)23-3/h6-9,13H,4-5,10-12H2,1-3H3,(H,19,21). The van der Waals surface area contributed by atoms with Crippen molar-refractivity contribution < 1.29 is 19.1 Å². The van der Waals surface area contributed by atoms with E-state index in [0.29, 0.717) is 5.56 Å². The van der Waals surface area contributed by atoms with Crippen molar-refractivity contribution in [2.24, 2.45) is 0 Å². The minimum Gasteiger partial charge on any atom is -0.469 e. The van der Waals surface area contributed by atoms with E-state index in [4.69, 9.17) is 0 Å². The number of methoxy groups -OCH3 is 1. The lowest BCUT2D eigenvalue weighted by Gasteiger charge is -2.12. The molecular weight excluding hydrogens is 294 g/mol. The third-order valence-electron chi connectivity index (χ3n) is 3.50.